The first-order chi connectivity index (χ1) is 16.9. The normalized spacial score (nSPS) is 10.9. The molecule has 0 fully saturated rings. The first-order valence-corrected chi connectivity index (χ1v) is 11.6. The van der Waals surface area contributed by atoms with Gasteiger partial charge >= 0.3 is 0 Å². The summed E-state index contributed by atoms with van der Waals surface area (Å²) in [7, 11) is 4.42. The van der Waals surface area contributed by atoms with Crippen LogP contribution in [0, 0.1) is 17.0 Å². The van der Waals surface area contributed by atoms with Crippen molar-refractivity contribution < 1.29 is 19.1 Å². The van der Waals surface area contributed by atoms with Gasteiger partial charge in [0.2, 0.25) is 5.75 Å². The van der Waals surface area contributed by atoms with Crippen molar-refractivity contribution in [2.45, 2.75) is 17.8 Å². The standard InChI is InChI=1S/C25H23N3O6S/c1-15-5-7-16(8-6-15)14-35-25-26-21-19(13-20(32-2)22(33-3)23(21)34-4)24(29)27(25)17-9-11-18(12-10-17)28(30)31/h5-13H,14H2,1-4H3. The van der Waals surface area contributed by atoms with E-state index in [2.05, 4.69) is 0 Å². The first kappa shape index (κ1) is 24.1. The molecule has 1 aromatic heterocycles. The molecule has 9 nitrogen and oxygen atoms in total. The van der Waals surface area contributed by atoms with Gasteiger partial charge in [0, 0.05) is 17.9 Å². The van der Waals surface area contributed by atoms with Crippen molar-refractivity contribution in [3.05, 3.63) is 86.2 Å². The molecule has 4 rings (SSSR count). The highest BCUT2D eigenvalue weighted by atomic mass is 32.2. The number of aromatic nitrogens is 2. The Kier molecular flexibility index (Phi) is 6.92. The fraction of sp³-hybridized carbons (Fsp3) is 0.200. The van der Waals surface area contributed by atoms with Crippen molar-refractivity contribution in [3.8, 4) is 22.9 Å². The smallest absolute Gasteiger partial charge is 0.269 e. The Morgan fingerprint density at radius 2 is 1.63 bits per heavy atom. The van der Waals surface area contributed by atoms with E-state index < -0.39 is 4.92 Å². The van der Waals surface area contributed by atoms with E-state index in [1.54, 1.807) is 6.07 Å². The second kappa shape index (κ2) is 10.1. The van der Waals surface area contributed by atoms with Gasteiger partial charge in [0.1, 0.15) is 5.52 Å². The second-order valence-electron chi connectivity index (χ2n) is 7.62. The summed E-state index contributed by atoms with van der Waals surface area (Å²) in [6, 6.07) is 15.4. The van der Waals surface area contributed by atoms with Crippen molar-refractivity contribution in [1.29, 1.82) is 0 Å². The zero-order valence-electron chi connectivity index (χ0n) is 19.6. The summed E-state index contributed by atoms with van der Waals surface area (Å²) in [5.41, 5.74) is 2.56. The number of nitro benzene ring substituents is 1. The highest BCUT2D eigenvalue weighted by molar-refractivity contribution is 7.98. The average Bonchev–Trinajstić information content (AvgIpc) is 2.87. The maximum atomic E-state index is 13.8. The summed E-state index contributed by atoms with van der Waals surface area (Å²) < 4.78 is 17.9. The van der Waals surface area contributed by atoms with Gasteiger partial charge in [0.25, 0.3) is 11.2 Å². The van der Waals surface area contributed by atoms with Crippen LogP contribution in [-0.4, -0.2) is 35.8 Å². The van der Waals surface area contributed by atoms with Crippen molar-refractivity contribution in [3.63, 3.8) is 0 Å². The molecule has 3 aromatic carbocycles. The minimum atomic E-state index is -0.486. The van der Waals surface area contributed by atoms with E-state index >= 15 is 0 Å². The molecule has 0 saturated heterocycles. The topological polar surface area (TPSA) is 106 Å². The van der Waals surface area contributed by atoms with Crippen LogP contribution in [0.1, 0.15) is 11.1 Å². The number of hydrogen-bond acceptors (Lipinski definition) is 8. The molecule has 0 atom stereocenters. The molecule has 0 saturated carbocycles. The molecule has 0 amide bonds. The average molecular weight is 494 g/mol. The number of rotatable bonds is 8. The Balaban J connectivity index is 1.95. The predicted octanol–water partition coefficient (Wildman–Crippen LogP) is 4.92. The van der Waals surface area contributed by atoms with E-state index in [0.717, 1.165) is 11.1 Å². The van der Waals surface area contributed by atoms with E-state index in [9.17, 15) is 14.9 Å². The van der Waals surface area contributed by atoms with E-state index in [4.69, 9.17) is 19.2 Å². The fourth-order valence-corrected chi connectivity index (χ4v) is 4.61. The molecule has 0 aliphatic rings. The Bertz CT molecular complexity index is 1450. The van der Waals surface area contributed by atoms with Crippen LogP contribution in [0.3, 0.4) is 0 Å². The fourth-order valence-electron chi connectivity index (χ4n) is 3.65. The minimum absolute atomic E-state index is 0.0718. The number of hydrogen-bond donors (Lipinski definition) is 0. The molecule has 180 valence electrons. The Morgan fingerprint density at radius 3 is 2.20 bits per heavy atom. The molecule has 0 N–H and O–H groups in total. The largest absolute Gasteiger partial charge is 0.493 e. The summed E-state index contributed by atoms with van der Waals surface area (Å²) in [5, 5.41) is 11.8. The molecule has 0 bridgehead atoms. The first-order valence-electron chi connectivity index (χ1n) is 10.6. The van der Waals surface area contributed by atoms with Crippen LogP contribution in [-0.2, 0) is 5.75 Å². The van der Waals surface area contributed by atoms with Gasteiger partial charge < -0.3 is 14.2 Å². The van der Waals surface area contributed by atoms with Crippen LogP contribution in [0.2, 0.25) is 0 Å². The SMILES string of the molecule is COc1cc2c(=O)n(-c3ccc([N+](=O)[O-])cc3)c(SCc3ccc(C)cc3)nc2c(OC)c1OC. The maximum absolute atomic E-state index is 13.8. The lowest BCUT2D eigenvalue weighted by molar-refractivity contribution is -0.384. The highest BCUT2D eigenvalue weighted by Crippen LogP contribution is 2.42. The zero-order valence-corrected chi connectivity index (χ0v) is 20.4. The third-order valence-electron chi connectivity index (χ3n) is 5.44. The van der Waals surface area contributed by atoms with Crippen LogP contribution in [0.4, 0.5) is 5.69 Å². The number of benzene rings is 3. The number of methoxy groups -OCH3 is 3. The molecule has 0 aliphatic heterocycles. The molecule has 35 heavy (non-hydrogen) atoms. The van der Waals surface area contributed by atoms with Crippen LogP contribution in [0.5, 0.6) is 17.2 Å². The Hall–Kier alpha value is -4.05. The van der Waals surface area contributed by atoms with Gasteiger partial charge in [-0.3, -0.25) is 19.5 Å². The molecule has 4 aromatic rings. The number of ether oxygens (including phenoxy) is 3. The van der Waals surface area contributed by atoms with Crippen molar-refractivity contribution >= 4 is 28.4 Å². The molecular formula is C25H23N3O6S. The molecule has 0 aliphatic carbocycles. The van der Waals surface area contributed by atoms with E-state index in [0.29, 0.717) is 33.6 Å². The predicted molar refractivity (Wildman–Crippen MR) is 134 cm³/mol. The minimum Gasteiger partial charge on any atom is -0.493 e. The number of nitro groups is 1. The molecule has 0 spiro atoms. The van der Waals surface area contributed by atoms with Gasteiger partial charge in [-0.05, 0) is 30.7 Å². The Morgan fingerprint density at radius 1 is 0.971 bits per heavy atom. The highest BCUT2D eigenvalue weighted by Gasteiger charge is 2.23. The maximum Gasteiger partial charge on any atom is 0.269 e. The lowest BCUT2D eigenvalue weighted by Crippen LogP contribution is -2.22. The molecule has 0 unspecified atom stereocenters. The van der Waals surface area contributed by atoms with Gasteiger partial charge in [-0.1, -0.05) is 41.6 Å². The number of aryl methyl sites for hydroxylation is 1. The van der Waals surface area contributed by atoms with Crippen molar-refractivity contribution in [2.75, 3.05) is 21.3 Å². The van der Waals surface area contributed by atoms with Gasteiger partial charge in [0.05, 0.1) is 37.3 Å². The van der Waals surface area contributed by atoms with Crippen LogP contribution in [0.25, 0.3) is 16.6 Å². The quantitative estimate of drug-likeness (QED) is 0.147. The van der Waals surface area contributed by atoms with Crippen molar-refractivity contribution in [1.82, 2.24) is 9.55 Å². The molecule has 0 radical (unpaired) electrons. The molecule has 10 heteroatoms. The third-order valence-corrected chi connectivity index (χ3v) is 6.45. The number of nitrogens with zero attached hydrogens (tertiary/aromatic N) is 3. The molecular weight excluding hydrogens is 470 g/mol. The third kappa shape index (κ3) is 4.65. The van der Waals surface area contributed by atoms with Gasteiger partial charge in [-0.15, -0.1) is 0 Å². The summed E-state index contributed by atoms with van der Waals surface area (Å²) in [6.07, 6.45) is 0. The lowest BCUT2D eigenvalue weighted by atomic mass is 10.2. The van der Waals surface area contributed by atoms with Crippen LogP contribution >= 0.6 is 11.8 Å². The zero-order chi connectivity index (χ0) is 25.1. The summed E-state index contributed by atoms with van der Waals surface area (Å²) in [5.74, 6) is 1.50. The lowest BCUT2D eigenvalue weighted by Gasteiger charge is -2.17. The van der Waals surface area contributed by atoms with E-state index in [1.165, 1.54) is 61.9 Å². The Labute approximate surface area is 205 Å². The van der Waals surface area contributed by atoms with Gasteiger partial charge in [-0.25, -0.2) is 4.98 Å². The molecule has 1 heterocycles. The summed E-state index contributed by atoms with van der Waals surface area (Å²) >= 11 is 1.37. The van der Waals surface area contributed by atoms with E-state index in [-0.39, 0.29) is 22.4 Å². The second-order valence-corrected chi connectivity index (χ2v) is 8.57. The number of thioether (sulfide) groups is 1. The van der Waals surface area contributed by atoms with Gasteiger partial charge in [0.15, 0.2) is 16.7 Å². The summed E-state index contributed by atoms with van der Waals surface area (Å²) in [4.78, 5) is 29.2. The van der Waals surface area contributed by atoms with Crippen molar-refractivity contribution in [2.24, 2.45) is 0 Å². The summed E-state index contributed by atoms with van der Waals surface area (Å²) in [6.45, 7) is 2.02. The van der Waals surface area contributed by atoms with Crippen LogP contribution in [0.15, 0.2) is 64.5 Å². The monoisotopic (exact) mass is 493 g/mol. The number of fused-ring (bicyclic) bond motifs is 1. The van der Waals surface area contributed by atoms with E-state index in [1.807, 2.05) is 31.2 Å². The van der Waals surface area contributed by atoms with Crippen LogP contribution < -0.4 is 19.8 Å². The number of non-ortho nitro benzene ring substituents is 1. The van der Waals surface area contributed by atoms with Gasteiger partial charge in [-0.2, -0.15) is 0 Å².